The molecule has 2 aromatic rings. The first kappa shape index (κ1) is 17.9. The molecule has 6 nitrogen and oxygen atoms in total. The van der Waals surface area contributed by atoms with Crippen LogP contribution in [0.1, 0.15) is 23.2 Å². The summed E-state index contributed by atoms with van der Waals surface area (Å²) in [6, 6.07) is 9.65. The van der Waals surface area contributed by atoms with Crippen molar-refractivity contribution >= 4 is 21.6 Å². The molecule has 0 atom stereocenters. The number of carbonyl (C=O) groups excluding carboxylic acids is 1. The van der Waals surface area contributed by atoms with E-state index in [1.165, 1.54) is 4.31 Å². The molecular formula is C18H17F2N3O3S. The molecular weight excluding hydrogens is 376 g/mol. The molecule has 27 heavy (non-hydrogen) atoms. The molecule has 2 heterocycles. The molecule has 0 aromatic heterocycles. The molecule has 1 spiro atoms. The maximum Gasteiger partial charge on any atom is 0.255 e. The van der Waals surface area contributed by atoms with Crippen LogP contribution in [-0.4, -0.2) is 37.4 Å². The van der Waals surface area contributed by atoms with Gasteiger partial charge in [-0.15, -0.1) is 0 Å². The van der Waals surface area contributed by atoms with Crippen LogP contribution in [0.3, 0.4) is 0 Å². The van der Waals surface area contributed by atoms with Crippen LogP contribution in [0, 0.1) is 11.6 Å². The van der Waals surface area contributed by atoms with Gasteiger partial charge in [0, 0.05) is 31.6 Å². The fraction of sp³-hybridized carbons (Fsp3) is 0.278. The smallest absolute Gasteiger partial charge is 0.255 e. The van der Waals surface area contributed by atoms with E-state index in [0.717, 1.165) is 12.1 Å². The number of hydrogen-bond acceptors (Lipinski definition) is 4. The summed E-state index contributed by atoms with van der Waals surface area (Å²) in [6.45, 7) is 0.271. The van der Waals surface area contributed by atoms with Crippen molar-refractivity contribution < 1.29 is 22.0 Å². The predicted molar refractivity (Wildman–Crippen MR) is 94.6 cm³/mol. The molecule has 9 heteroatoms. The molecule has 1 fully saturated rings. The number of piperidine rings is 1. The van der Waals surface area contributed by atoms with Gasteiger partial charge >= 0.3 is 0 Å². The molecule has 1 saturated heterocycles. The van der Waals surface area contributed by atoms with Gasteiger partial charge in [0.1, 0.15) is 5.66 Å². The van der Waals surface area contributed by atoms with E-state index in [1.54, 1.807) is 18.2 Å². The van der Waals surface area contributed by atoms with Gasteiger partial charge in [-0.05, 0) is 30.3 Å². The fourth-order valence-electron chi connectivity index (χ4n) is 3.51. The van der Waals surface area contributed by atoms with Crippen molar-refractivity contribution in [3.8, 4) is 0 Å². The summed E-state index contributed by atoms with van der Waals surface area (Å²) in [5.74, 6) is -2.51. The van der Waals surface area contributed by atoms with E-state index in [0.29, 0.717) is 30.2 Å². The third kappa shape index (κ3) is 3.06. The summed E-state index contributed by atoms with van der Waals surface area (Å²) in [6.07, 6.45) is 0.686. The van der Waals surface area contributed by atoms with Crippen LogP contribution in [0.5, 0.6) is 0 Å². The topological polar surface area (TPSA) is 78.5 Å². The van der Waals surface area contributed by atoms with Crippen molar-refractivity contribution in [3.05, 3.63) is 59.7 Å². The van der Waals surface area contributed by atoms with E-state index in [-0.39, 0.29) is 23.9 Å². The van der Waals surface area contributed by atoms with E-state index < -0.39 is 27.3 Å². The van der Waals surface area contributed by atoms with E-state index in [4.69, 9.17) is 0 Å². The highest BCUT2D eigenvalue weighted by Crippen LogP contribution is 2.33. The lowest BCUT2D eigenvalue weighted by atomic mass is 9.93. The summed E-state index contributed by atoms with van der Waals surface area (Å²) >= 11 is 0. The van der Waals surface area contributed by atoms with Crippen molar-refractivity contribution in [2.24, 2.45) is 0 Å². The Kier molecular flexibility index (Phi) is 4.15. The Hall–Kier alpha value is -2.52. The molecule has 2 aliphatic rings. The van der Waals surface area contributed by atoms with Crippen LogP contribution in [0.4, 0.5) is 14.5 Å². The first-order valence-electron chi connectivity index (χ1n) is 8.46. The monoisotopic (exact) mass is 393 g/mol. The molecule has 1 amide bonds. The second kappa shape index (κ2) is 6.28. The van der Waals surface area contributed by atoms with Crippen LogP contribution < -0.4 is 10.6 Å². The van der Waals surface area contributed by atoms with Crippen molar-refractivity contribution in [2.75, 3.05) is 18.4 Å². The zero-order chi connectivity index (χ0) is 19.2. The number of hydrogen-bond donors (Lipinski definition) is 2. The minimum atomic E-state index is -3.94. The molecule has 0 radical (unpaired) electrons. The molecule has 2 aromatic carbocycles. The largest absolute Gasteiger partial charge is 0.362 e. The molecule has 4 rings (SSSR count). The third-order valence-corrected chi connectivity index (χ3v) is 6.90. The molecule has 0 saturated carbocycles. The maximum atomic E-state index is 13.4. The first-order valence-corrected chi connectivity index (χ1v) is 9.90. The van der Waals surface area contributed by atoms with Gasteiger partial charge in [-0.1, -0.05) is 12.1 Å². The lowest BCUT2D eigenvalue weighted by Gasteiger charge is -2.45. The Balaban J connectivity index is 1.54. The molecule has 0 aliphatic carbocycles. The average Bonchev–Trinajstić information content (AvgIpc) is 2.64. The summed E-state index contributed by atoms with van der Waals surface area (Å²) in [5.41, 5.74) is 0.518. The van der Waals surface area contributed by atoms with Crippen molar-refractivity contribution in [3.63, 3.8) is 0 Å². The van der Waals surface area contributed by atoms with E-state index in [9.17, 15) is 22.0 Å². The zero-order valence-electron chi connectivity index (χ0n) is 14.2. The maximum absolute atomic E-state index is 13.4. The number of nitrogens with zero attached hydrogens (tertiary/aromatic N) is 1. The first-order chi connectivity index (χ1) is 12.8. The molecule has 142 valence electrons. The van der Waals surface area contributed by atoms with Gasteiger partial charge in [0.15, 0.2) is 11.6 Å². The highest BCUT2D eigenvalue weighted by atomic mass is 32.2. The Labute approximate surface area is 155 Å². The number of fused-ring (bicyclic) bond motifs is 1. The second-order valence-electron chi connectivity index (χ2n) is 6.69. The van der Waals surface area contributed by atoms with Gasteiger partial charge in [0.25, 0.3) is 5.91 Å². The summed E-state index contributed by atoms with van der Waals surface area (Å²) in [5, 5.41) is 6.24. The second-order valence-corrected chi connectivity index (χ2v) is 8.62. The minimum absolute atomic E-state index is 0.136. The van der Waals surface area contributed by atoms with Crippen LogP contribution >= 0.6 is 0 Å². The van der Waals surface area contributed by atoms with E-state index in [1.807, 2.05) is 6.07 Å². The number of halogens is 2. The van der Waals surface area contributed by atoms with Crippen molar-refractivity contribution in [1.29, 1.82) is 0 Å². The van der Waals surface area contributed by atoms with Crippen molar-refractivity contribution in [1.82, 2.24) is 9.62 Å². The molecule has 0 bridgehead atoms. The molecule has 2 N–H and O–H groups in total. The Morgan fingerprint density at radius 1 is 0.963 bits per heavy atom. The van der Waals surface area contributed by atoms with Crippen LogP contribution in [0.15, 0.2) is 47.4 Å². The Morgan fingerprint density at radius 3 is 2.37 bits per heavy atom. The summed E-state index contributed by atoms with van der Waals surface area (Å²) in [4.78, 5) is 12.1. The van der Waals surface area contributed by atoms with E-state index in [2.05, 4.69) is 10.6 Å². The SMILES string of the molecule is O=C1NC2(CCN(S(=O)(=O)c3ccc(F)c(F)c3)CC2)Nc2ccccc21. The Bertz CT molecular complexity index is 1020. The standard InChI is InChI=1S/C18H17F2N3O3S/c19-14-6-5-12(11-15(14)20)27(25,26)23-9-7-18(8-10-23)21-16-4-2-1-3-13(16)17(24)22-18/h1-6,11,21H,7-10H2,(H,22,24). The van der Waals surface area contributed by atoms with Gasteiger partial charge in [0.05, 0.1) is 10.5 Å². The fourth-order valence-corrected chi connectivity index (χ4v) is 4.96. The zero-order valence-corrected chi connectivity index (χ0v) is 15.0. The number of carbonyl (C=O) groups is 1. The van der Waals surface area contributed by atoms with Crippen LogP contribution in [0.2, 0.25) is 0 Å². The number of para-hydroxylation sites is 1. The lowest BCUT2D eigenvalue weighted by molar-refractivity contribution is 0.0865. The highest BCUT2D eigenvalue weighted by Gasteiger charge is 2.42. The molecule has 0 unspecified atom stereocenters. The van der Waals surface area contributed by atoms with Gasteiger partial charge in [0.2, 0.25) is 10.0 Å². The number of anilines is 1. The summed E-state index contributed by atoms with van der Waals surface area (Å²) < 4.78 is 53.2. The normalized spacial score (nSPS) is 19.3. The van der Waals surface area contributed by atoms with Crippen LogP contribution in [0.25, 0.3) is 0 Å². The van der Waals surface area contributed by atoms with Crippen molar-refractivity contribution in [2.45, 2.75) is 23.4 Å². The number of rotatable bonds is 2. The average molecular weight is 393 g/mol. The Morgan fingerprint density at radius 2 is 1.67 bits per heavy atom. The van der Waals surface area contributed by atoms with Gasteiger partial charge < -0.3 is 10.6 Å². The lowest BCUT2D eigenvalue weighted by Crippen LogP contribution is -2.62. The number of nitrogens with one attached hydrogen (secondary N) is 2. The predicted octanol–water partition coefficient (Wildman–Crippen LogP) is 2.30. The van der Waals surface area contributed by atoms with Gasteiger partial charge in [-0.3, -0.25) is 4.79 Å². The van der Waals surface area contributed by atoms with Gasteiger partial charge in [-0.25, -0.2) is 17.2 Å². The van der Waals surface area contributed by atoms with E-state index >= 15 is 0 Å². The molecule has 2 aliphatic heterocycles. The minimum Gasteiger partial charge on any atom is -0.362 e. The quantitative estimate of drug-likeness (QED) is 0.821. The van der Waals surface area contributed by atoms with Gasteiger partial charge in [-0.2, -0.15) is 4.31 Å². The van der Waals surface area contributed by atoms with Crippen LogP contribution in [-0.2, 0) is 10.0 Å². The number of amides is 1. The number of benzene rings is 2. The third-order valence-electron chi connectivity index (χ3n) is 5.00. The summed E-state index contributed by atoms with van der Waals surface area (Å²) in [7, 11) is -3.94. The number of sulfonamides is 1. The highest BCUT2D eigenvalue weighted by molar-refractivity contribution is 7.89.